The molecule has 0 spiro atoms. The Bertz CT molecular complexity index is 609. The minimum absolute atomic E-state index is 0.00566. The maximum Gasteiger partial charge on any atom is 0.273 e. The third-order valence-electron chi connectivity index (χ3n) is 3.42. The van der Waals surface area contributed by atoms with E-state index in [1.165, 1.54) is 11.3 Å². The Hall–Kier alpha value is -1.72. The molecule has 1 aromatic carbocycles. The quantitative estimate of drug-likeness (QED) is 0.941. The fourth-order valence-electron chi connectivity index (χ4n) is 1.85. The van der Waals surface area contributed by atoms with Gasteiger partial charge in [-0.3, -0.25) is 4.79 Å². The molecule has 1 atom stereocenters. The molecule has 0 fully saturated rings. The molecule has 0 bridgehead atoms. The lowest BCUT2D eigenvalue weighted by molar-refractivity contribution is 0.0743. The van der Waals surface area contributed by atoms with Crippen LogP contribution in [-0.4, -0.2) is 35.4 Å². The third-order valence-corrected chi connectivity index (χ3v) is 4.30. The van der Waals surface area contributed by atoms with Crippen molar-refractivity contribution in [3.8, 4) is 10.6 Å². The smallest absolute Gasteiger partial charge is 0.273 e. The van der Waals surface area contributed by atoms with Crippen LogP contribution in [0.2, 0.25) is 0 Å². The van der Waals surface area contributed by atoms with Crippen LogP contribution < -0.4 is 5.73 Å². The summed E-state index contributed by atoms with van der Waals surface area (Å²) in [6.07, 6.45) is 0. The summed E-state index contributed by atoms with van der Waals surface area (Å²) in [5, 5.41) is 2.68. The lowest BCUT2D eigenvalue weighted by atomic mass is 10.1. The summed E-state index contributed by atoms with van der Waals surface area (Å²) < 4.78 is 0. The monoisotopic (exact) mass is 289 g/mol. The first kappa shape index (κ1) is 14.7. The van der Waals surface area contributed by atoms with Crippen LogP contribution in [0.15, 0.2) is 29.6 Å². The predicted molar refractivity (Wildman–Crippen MR) is 82.9 cm³/mol. The van der Waals surface area contributed by atoms with Crippen molar-refractivity contribution in [1.29, 1.82) is 0 Å². The zero-order valence-electron chi connectivity index (χ0n) is 12.0. The lowest BCUT2D eigenvalue weighted by Gasteiger charge is -2.22. The molecule has 2 rings (SSSR count). The van der Waals surface area contributed by atoms with Crippen molar-refractivity contribution < 1.29 is 4.79 Å². The highest BCUT2D eigenvalue weighted by molar-refractivity contribution is 7.13. The Morgan fingerprint density at radius 1 is 1.45 bits per heavy atom. The minimum atomic E-state index is -0.0842. The van der Waals surface area contributed by atoms with E-state index >= 15 is 0 Å². The van der Waals surface area contributed by atoms with E-state index in [0.717, 1.165) is 16.1 Å². The van der Waals surface area contributed by atoms with E-state index in [2.05, 4.69) is 4.98 Å². The van der Waals surface area contributed by atoms with Gasteiger partial charge in [0.15, 0.2) is 0 Å². The minimum Gasteiger partial charge on any atom is -0.336 e. The molecule has 0 aliphatic rings. The predicted octanol–water partition coefficient (Wildman–Crippen LogP) is 2.54. The van der Waals surface area contributed by atoms with E-state index in [9.17, 15) is 4.79 Å². The van der Waals surface area contributed by atoms with Crippen LogP contribution in [0, 0.1) is 6.92 Å². The van der Waals surface area contributed by atoms with Gasteiger partial charge in [-0.1, -0.05) is 24.3 Å². The Labute approximate surface area is 123 Å². The van der Waals surface area contributed by atoms with Crippen molar-refractivity contribution in [3.63, 3.8) is 0 Å². The topological polar surface area (TPSA) is 59.2 Å². The van der Waals surface area contributed by atoms with Crippen LogP contribution in [0.25, 0.3) is 10.6 Å². The van der Waals surface area contributed by atoms with Gasteiger partial charge in [0.1, 0.15) is 10.7 Å². The van der Waals surface area contributed by atoms with Crippen molar-refractivity contribution in [2.75, 3.05) is 13.6 Å². The molecule has 5 heteroatoms. The second-order valence-corrected chi connectivity index (χ2v) is 5.71. The molecular formula is C15H19N3OS. The molecular weight excluding hydrogens is 270 g/mol. The number of aryl methyl sites for hydroxylation is 1. The van der Waals surface area contributed by atoms with Gasteiger partial charge in [0.05, 0.1) is 0 Å². The average molecular weight is 289 g/mol. The average Bonchev–Trinajstić information content (AvgIpc) is 2.94. The molecule has 0 radical (unpaired) electrons. The molecule has 1 aromatic heterocycles. The number of likely N-dealkylation sites (N-methyl/N-ethyl adjacent to an activating group) is 1. The lowest BCUT2D eigenvalue weighted by Crippen LogP contribution is -2.39. The van der Waals surface area contributed by atoms with E-state index in [0.29, 0.717) is 12.2 Å². The number of aromatic nitrogens is 1. The van der Waals surface area contributed by atoms with Gasteiger partial charge in [0.25, 0.3) is 5.91 Å². The molecule has 4 nitrogen and oxygen atoms in total. The SMILES string of the molecule is Cc1ccccc1-c1nc(C(=O)N(C)C(C)CN)cs1. The van der Waals surface area contributed by atoms with E-state index in [4.69, 9.17) is 5.73 Å². The van der Waals surface area contributed by atoms with Gasteiger partial charge in [-0.05, 0) is 19.4 Å². The number of hydrogen-bond donors (Lipinski definition) is 1. The molecule has 106 valence electrons. The zero-order valence-corrected chi connectivity index (χ0v) is 12.8. The number of benzene rings is 1. The van der Waals surface area contributed by atoms with Gasteiger partial charge in [0, 0.05) is 30.6 Å². The molecule has 1 unspecified atom stereocenters. The van der Waals surface area contributed by atoms with Gasteiger partial charge >= 0.3 is 0 Å². The largest absolute Gasteiger partial charge is 0.336 e. The van der Waals surface area contributed by atoms with Crippen LogP contribution in [-0.2, 0) is 0 Å². The van der Waals surface area contributed by atoms with E-state index in [1.54, 1.807) is 11.9 Å². The molecule has 20 heavy (non-hydrogen) atoms. The maximum absolute atomic E-state index is 12.3. The van der Waals surface area contributed by atoms with Crippen molar-refractivity contribution in [2.24, 2.45) is 5.73 Å². The van der Waals surface area contributed by atoms with Crippen molar-refractivity contribution in [3.05, 3.63) is 40.9 Å². The Morgan fingerprint density at radius 3 is 2.80 bits per heavy atom. The summed E-state index contributed by atoms with van der Waals surface area (Å²) in [6, 6.07) is 8.05. The molecule has 0 saturated heterocycles. The first-order valence-electron chi connectivity index (χ1n) is 6.53. The van der Waals surface area contributed by atoms with Gasteiger partial charge in [0.2, 0.25) is 0 Å². The fraction of sp³-hybridized carbons (Fsp3) is 0.333. The Morgan fingerprint density at radius 2 is 2.15 bits per heavy atom. The van der Waals surface area contributed by atoms with Gasteiger partial charge in [-0.2, -0.15) is 0 Å². The summed E-state index contributed by atoms with van der Waals surface area (Å²) in [7, 11) is 1.76. The maximum atomic E-state index is 12.3. The number of amides is 1. The number of carbonyl (C=O) groups excluding carboxylic acids is 1. The molecule has 0 aliphatic carbocycles. The van der Waals surface area contributed by atoms with Crippen molar-refractivity contribution in [1.82, 2.24) is 9.88 Å². The number of nitrogens with zero attached hydrogens (tertiary/aromatic N) is 2. The highest BCUT2D eigenvalue weighted by Crippen LogP contribution is 2.27. The molecule has 2 N–H and O–H groups in total. The third kappa shape index (κ3) is 2.89. The van der Waals surface area contributed by atoms with Crippen LogP contribution in [0.3, 0.4) is 0 Å². The van der Waals surface area contributed by atoms with E-state index in [1.807, 2.05) is 43.5 Å². The summed E-state index contributed by atoms with van der Waals surface area (Å²) in [5.41, 5.74) is 8.31. The summed E-state index contributed by atoms with van der Waals surface area (Å²) >= 11 is 1.49. The van der Waals surface area contributed by atoms with Crippen LogP contribution >= 0.6 is 11.3 Å². The number of carbonyl (C=O) groups is 1. The number of nitrogens with two attached hydrogens (primary N) is 1. The molecule has 0 saturated carbocycles. The standard InChI is InChI=1S/C15H19N3OS/c1-10-6-4-5-7-12(10)14-17-13(9-20-14)15(19)18(3)11(2)8-16/h4-7,9,11H,8,16H2,1-3H3. The molecule has 0 aliphatic heterocycles. The molecule has 1 heterocycles. The normalized spacial score (nSPS) is 12.2. The van der Waals surface area contributed by atoms with Crippen LogP contribution in [0.1, 0.15) is 23.0 Å². The second kappa shape index (κ2) is 6.15. The molecule has 1 amide bonds. The Kier molecular flexibility index (Phi) is 4.52. The number of rotatable bonds is 4. The van der Waals surface area contributed by atoms with Gasteiger partial charge in [-0.15, -0.1) is 11.3 Å². The van der Waals surface area contributed by atoms with Crippen molar-refractivity contribution in [2.45, 2.75) is 19.9 Å². The van der Waals surface area contributed by atoms with Crippen molar-refractivity contribution >= 4 is 17.2 Å². The van der Waals surface area contributed by atoms with Gasteiger partial charge < -0.3 is 10.6 Å². The summed E-state index contributed by atoms with van der Waals surface area (Å²) in [6.45, 7) is 4.41. The summed E-state index contributed by atoms with van der Waals surface area (Å²) in [5.74, 6) is -0.0842. The van der Waals surface area contributed by atoms with Crippen LogP contribution in [0.4, 0.5) is 0 Å². The second-order valence-electron chi connectivity index (χ2n) is 4.85. The van der Waals surface area contributed by atoms with Gasteiger partial charge in [-0.25, -0.2) is 4.98 Å². The first-order valence-corrected chi connectivity index (χ1v) is 7.41. The Balaban J connectivity index is 2.26. The highest BCUT2D eigenvalue weighted by atomic mass is 32.1. The van der Waals surface area contributed by atoms with Crippen LogP contribution in [0.5, 0.6) is 0 Å². The van der Waals surface area contributed by atoms with E-state index in [-0.39, 0.29) is 11.9 Å². The first-order chi connectivity index (χ1) is 9.54. The zero-order chi connectivity index (χ0) is 14.7. The number of hydrogen-bond acceptors (Lipinski definition) is 4. The van der Waals surface area contributed by atoms with E-state index < -0.39 is 0 Å². The summed E-state index contributed by atoms with van der Waals surface area (Å²) in [4.78, 5) is 18.4. The fourth-order valence-corrected chi connectivity index (χ4v) is 2.73. The number of thiazole rings is 1. The molecule has 2 aromatic rings. The highest BCUT2D eigenvalue weighted by Gasteiger charge is 2.19.